The maximum Gasteiger partial charge on any atom is 0.422 e. The van der Waals surface area contributed by atoms with Gasteiger partial charge in [-0.3, -0.25) is 4.79 Å². The fourth-order valence-electron chi connectivity index (χ4n) is 2.22. The Balaban J connectivity index is 2.09. The molecule has 0 aliphatic rings. The molecule has 2 aromatic rings. The van der Waals surface area contributed by atoms with Gasteiger partial charge in [-0.05, 0) is 37.6 Å². The lowest BCUT2D eigenvalue weighted by Gasteiger charge is -2.16. The number of hydrogen-bond acceptors (Lipinski definition) is 5. The van der Waals surface area contributed by atoms with E-state index in [1.165, 1.54) is 12.3 Å². The summed E-state index contributed by atoms with van der Waals surface area (Å²) in [5.41, 5.74) is 1.62. The van der Waals surface area contributed by atoms with Gasteiger partial charge in [0.25, 0.3) is 5.91 Å². The van der Waals surface area contributed by atoms with Crippen LogP contribution in [0.2, 0.25) is 5.02 Å². The highest BCUT2D eigenvalue weighted by molar-refractivity contribution is 6.31. The van der Waals surface area contributed by atoms with Crippen LogP contribution in [-0.4, -0.2) is 35.7 Å². The van der Waals surface area contributed by atoms with Crippen LogP contribution in [0.25, 0.3) is 0 Å². The second kappa shape index (κ2) is 8.43. The zero-order chi connectivity index (χ0) is 20.2. The van der Waals surface area contributed by atoms with Gasteiger partial charge >= 0.3 is 6.18 Å². The summed E-state index contributed by atoms with van der Waals surface area (Å²) >= 11 is 5.93. The average Bonchev–Trinajstić information content (AvgIpc) is 2.59. The van der Waals surface area contributed by atoms with Crippen molar-refractivity contribution in [2.24, 2.45) is 0 Å². The Kier molecular flexibility index (Phi) is 6.48. The van der Waals surface area contributed by atoms with Crippen LogP contribution >= 0.6 is 11.6 Å². The van der Waals surface area contributed by atoms with E-state index in [0.29, 0.717) is 22.6 Å². The zero-order valence-corrected chi connectivity index (χ0v) is 15.6. The molecule has 2 rings (SSSR count). The maximum atomic E-state index is 12.4. The first-order valence-corrected chi connectivity index (χ1v) is 8.29. The minimum absolute atomic E-state index is 0.0740. The fraction of sp³-hybridized carbons (Fsp3) is 0.353. The van der Waals surface area contributed by atoms with Crippen molar-refractivity contribution in [3.63, 3.8) is 0 Å². The minimum atomic E-state index is -4.49. The molecule has 2 N–H and O–H groups in total. The van der Waals surface area contributed by atoms with Gasteiger partial charge in [0.2, 0.25) is 5.88 Å². The van der Waals surface area contributed by atoms with Crippen molar-refractivity contribution in [2.45, 2.75) is 26.1 Å². The van der Waals surface area contributed by atoms with Crippen molar-refractivity contribution in [3.8, 4) is 5.88 Å². The van der Waals surface area contributed by atoms with E-state index in [4.69, 9.17) is 11.6 Å². The first-order chi connectivity index (χ1) is 12.6. The summed E-state index contributed by atoms with van der Waals surface area (Å²) in [5.74, 6) is -0.0959. The number of carbonyl (C=O) groups is 1. The predicted octanol–water partition coefficient (Wildman–Crippen LogP) is 3.91. The van der Waals surface area contributed by atoms with Crippen LogP contribution in [0.4, 0.5) is 19.0 Å². The smallest absolute Gasteiger partial charge is 0.422 e. The number of halogens is 4. The van der Waals surface area contributed by atoms with Crippen LogP contribution in [0, 0.1) is 6.92 Å². The number of hydrogen-bond donors (Lipinski definition) is 2. The molecule has 0 aromatic carbocycles. The Morgan fingerprint density at radius 3 is 2.63 bits per heavy atom. The standard InChI is InChI=1S/C17H18ClF3N4O2/c1-9-4-11(6-14(22-3)24-9)15(26)25-10(2)12-5-13(18)16(23-7-12)27-8-17(19,20)21/h4-7,10H,8H2,1-3H3,(H,22,24)(H,25,26). The molecule has 146 valence electrons. The molecule has 1 amide bonds. The van der Waals surface area contributed by atoms with Gasteiger partial charge in [-0.2, -0.15) is 13.2 Å². The third-order valence-corrected chi connectivity index (χ3v) is 3.79. The summed E-state index contributed by atoms with van der Waals surface area (Å²) in [6, 6.07) is 4.17. The van der Waals surface area contributed by atoms with Crippen LogP contribution in [-0.2, 0) is 0 Å². The molecule has 2 heterocycles. The largest absolute Gasteiger partial charge is 0.467 e. The van der Waals surface area contributed by atoms with Gasteiger partial charge < -0.3 is 15.4 Å². The van der Waals surface area contributed by atoms with E-state index < -0.39 is 18.8 Å². The van der Waals surface area contributed by atoms with Gasteiger partial charge in [0.1, 0.15) is 10.8 Å². The van der Waals surface area contributed by atoms with Crippen molar-refractivity contribution in [1.82, 2.24) is 15.3 Å². The van der Waals surface area contributed by atoms with Crippen LogP contribution in [0.1, 0.15) is 34.6 Å². The lowest BCUT2D eigenvalue weighted by atomic mass is 10.1. The quantitative estimate of drug-likeness (QED) is 0.766. The molecular weight excluding hydrogens is 385 g/mol. The normalized spacial score (nSPS) is 12.4. The fourth-order valence-corrected chi connectivity index (χ4v) is 2.45. The zero-order valence-electron chi connectivity index (χ0n) is 14.8. The summed E-state index contributed by atoms with van der Waals surface area (Å²) in [4.78, 5) is 20.5. The number of anilines is 1. The molecule has 0 aliphatic carbocycles. The molecule has 0 fully saturated rings. The number of nitrogens with zero attached hydrogens (tertiary/aromatic N) is 2. The highest BCUT2D eigenvalue weighted by Gasteiger charge is 2.29. The molecule has 6 nitrogen and oxygen atoms in total. The SMILES string of the molecule is CNc1cc(C(=O)NC(C)c2cnc(OCC(F)(F)F)c(Cl)c2)cc(C)n1. The molecule has 0 radical (unpaired) electrons. The average molecular weight is 403 g/mol. The molecule has 0 aliphatic heterocycles. The number of aromatic nitrogens is 2. The third-order valence-electron chi connectivity index (χ3n) is 3.52. The first kappa shape index (κ1) is 20.8. The Labute approximate surface area is 159 Å². The third kappa shape index (κ3) is 5.99. The topological polar surface area (TPSA) is 76.1 Å². The van der Waals surface area contributed by atoms with E-state index in [1.807, 2.05) is 0 Å². The van der Waals surface area contributed by atoms with Crippen molar-refractivity contribution in [1.29, 1.82) is 0 Å². The van der Waals surface area contributed by atoms with E-state index in [0.717, 1.165) is 0 Å². The minimum Gasteiger partial charge on any atom is -0.467 e. The van der Waals surface area contributed by atoms with Crippen LogP contribution in [0.15, 0.2) is 24.4 Å². The molecule has 0 spiro atoms. The number of nitrogens with one attached hydrogen (secondary N) is 2. The first-order valence-electron chi connectivity index (χ1n) is 7.91. The lowest BCUT2D eigenvalue weighted by Crippen LogP contribution is -2.27. The van der Waals surface area contributed by atoms with Gasteiger partial charge in [-0.15, -0.1) is 0 Å². The van der Waals surface area contributed by atoms with Crippen LogP contribution < -0.4 is 15.4 Å². The Morgan fingerprint density at radius 2 is 2.04 bits per heavy atom. The van der Waals surface area contributed by atoms with Gasteiger partial charge in [0, 0.05) is 24.5 Å². The highest BCUT2D eigenvalue weighted by Crippen LogP contribution is 2.27. The monoisotopic (exact) mass is 402 g/mol. The van der Waals surface area contributed by atoms with Crippen molar-refractivity contribution >= 4 is 23.3 Å². The van der Waals surface area contributed by atoms with Crippen LogP contribution in [0.3, 0.4) is 0 Å². The number of alkyl halides is 3. The molecule has 27 heavy (non-hydrogen) atoms. The second-order valence-electron chi connectivity index (χ2n) is 5.79. The number of rotatable bonds is 6. The van der Waals surface area contributed by atoms with Gasteiger partial charge in [-0.25, -0.2) is 9.97 Å². The van der Waals surface area contributed by atoms with Crippen molar-refractivity contribution < 1.29 is 22.7 Å². The number of carbonyl (C=O) groups excluding carboxylic acids is 1. The Morgan fingerprint density at radius 1 is 1.33 bits per heavy atom. The van der Waals surface area contributed by atoms with Crippen LogP contribution in [0.5, 0.6) is 5.88 Å². The van der Waals surface area contributed by atoms with Crippen molar-refractivity contribution in [2.75, 3.05) is 19.0 Å². The number of aryl methyl sites for hydroxylation is 1. The van der Waals surface area contributed by atoms with Crippen molar-refractivity contribution in [3.05, 3.63) is 46.2 Å². The Bertz CT molecular complexity index is 830. The summed E-state index contributed by atoms with van der Waals surface area (Å²) in [6.45, 7) is 1.99. The summed E-state index contributed by atoms with van der Waals surface area (Å²) in [7, 11) is 1.70. The maximum absolute atomic E-state index is 12.4. The Hall–Kier alpha value is -2.55. The van der Waals surface area contributed by atoms with E-state index >= 15 is 0 Å². The summed E-state index contributed by atoms with van der Waals surface area (Å²) in [6.07, 6.45) is -3.18. The number of amides is 1. The molecular formula is C17H18ClF3N4O2. The molecule has 0 bridgehead atoms. The van der Waals surface area contributed by atoms with E-state index in [2.05, 4.69) is 25.3 Å². The van der Waals surface area contributed by atoms with Gasteiger partial charge in [0.05, 0.1) is 6.04 Å². The summed E-state index contributed by atoms with van der Waals surface area (Å²) < 4.78 is 41.2. The van der Waals surface area contributed by atoms with E-state index in [-0.39, 0.29) is 16.8 Å². The highest BCUT2D eigenvalue weighted by atomic mass is 35.5. The second-order valence-corrected chi connectivity index (χ2v) is 6.19. The number of ether oxygens (including phenoxy) is 1. The summed E-state index contributed by atoms with van der Waals surface area (Å²) in [5, 5.41) is 5.58. The van der Waals surface area contributed by atoms with Gasteiger partial charge in [0.15, 0.2) is 6.61 Å². The molecule has 10 heteroatoms. The lowest BCUT2D eigenvalue weighted by molar-refractivity contribution is -0.154. The number of pyridine rings is 2. The van der Waals surface area contributed by atoms with E-state index in [9.17, 15) is 18.0 Å². The molecule has 0 saturated heterocycles. The van der Waals surface area contributed by atoms with Gasteiger partial charge in [-0.1, -0.05) is 11.6 Å². The van der Waals surface area contributed by atoms with E-state index in [1.54, 1.807) is 33.0 Å². The molecule has 0 saturated carbocycles. The molecule has 2 aromatic heterocycles. The molecule has 1 unspecified atom stereocenters. The predicted molar refractivity (Wildman–Crippen MR) is 95.2 cm³/mol. The molecule has 1 atom stereocenters.